The van der Waals surface area contributed by atoms with E-state index >= 15 is 0 Å². The highest BCUT2D eigenvalue weighted by molar-refractivity contribution is 4.99. The molecule has 1 aliphatic rings. The molecule has 1 saturated heterocycles. The standard InChI is InChI=1S/C11H19N3O/c12-5-4-10-7-13-9-14(10)8-11-3-1-2-6-15-11/h7,9,11H,1-6,8,12H2. The largest absolute Gasteiger partial charge is 0.376 e. The molecule has 0 aromatic carbocycles. The first-order valence-corrected chi connectivity index (χ1v) is 5.71. The molecule has 4 nitrogen and oxygen atoms in total. The summed E-state index contributed by atoms with van der Waals surface area (Å²) in [5.74, 6) is 0. The lowest BCUT2D eigenvalue weighted by Crippen LogP contribution is -2.25. The zero-order chi connectivity index (χ0) is 10.5. The Morgan fingerprint density at radius 1 is 1.53 bits per heavy atom. The molecule has 84 valence electrons. The van der Waals surface area contributed by atoms with Gasteiger partial charge in [0.1, 0.15) is 0 Å². The van der Waals surface area contributed by atoms with E-state index in [0.29, 0.717) is 12.6 Å². The van der Waals surface area contributed by atoms with Crippen molar-refractivity contribution in [3.05, 3.63) is 18.2 Å². The van der Waals surface area contributed by atoms with Gasteiger partial charge in [0.2, 0.25) is 0 Å². The first-order valence-electron chi connectivity index (χ1n) is 5.71. The summed E-state index contributed by atoms with van der Waals surface area (Å²) >= 11 is 0. The van der Waals surface area contributed by atoms with Gasteiger partial charge >= 0.3 is 0 Å². The van der Waals surface area contributed by atoms with E-state index < -0.39 is 0 Å². The van der Waals surface area contributed by atoms with Gasteiger partial charge in [0.05, 0.1) is 19.0 Å². The summed E-state index contributed by atoms with van der Waals surface area (Å²) in [6, 6.07) is 0. The van der Waals surface area contributed by atoms with E-state index in [9.17, 15) is 0 Å². The summed E-state index contributed by atoms with van der Waals surface area (Å²) in [5.41, 5.74) is 6.76. The minimum absolute atomic E-state index is 0.365. The van der Waals surface area contributed by atoms with Crippen LogP contribution in [0.15, 0.2) is 12.5 Å². The summed E-state index contributed by atoms with van der Waals surface area (Å²) in [7, 11) is 0. The average Bonchev–Trinajstić information content (AvgIpc) is 2.68. The Hall–Kier alpha value is -0.870. The highest BCUT2D eigenvalue weighted by atomic mass is 16.5. The van der Waals surface area contributed by atoms with E-state index in [-0.39, 0.29) is 0 Å². The van der Waals surface area contributed by atoms with Gasteiger partial charge in [0.15, 0.2) is 0 Å². The van der Waals surface area contributed by atoms with Crippen LogP contribution in [0.2, 0.25) is 0 Å². The fraction of sp³-hybridized carbons (Fsp3) is 0.727. The molecule has 1 fully saturated rings. The van der Waals surface area contributed by atoms with Crippen LogP contribution in [0.4, 0.5) is 0 Å². The summed E-state index contributed by atoms with van der Waals surface area (Å²) in [6.07, 6.45) is 8.69. The topological polar surface area (TPSA) is 53.1 Å². The van der Waals surface area contributed by atoms with Crippen molar-refractivity contribution < 1.29 is 4.74 Å². The van der Waals surface area contributed by atoms with E-state index in [1.165, 1.54) is 25.0 Å². The average molecular weight is 209 g/mol. The quantitative estimate of drug-likeness (QED) is 0.803. The minimum atomic E-state index is 0.365. The first-order chi connectivity index (χ1) is 7.40. The number of imidazole rings is 1. The van der Waals surface area contributed by atoms with Crippen LogP contribution < -0.4 is 5.73 Å². The zero-order valence-electron chi connectivity index (χ0n) is 9.06. The van der Waals surface area contributed by atoms with Gasteiger partial charge < -0.3 is 15.0 Å². The molecule has 1 aromatic heterocycles. The third-order valence-corrected chi connectivity index (χ3v) is 2.87. The minimum Gasteiger partial charge on any atom is -0.376 e. The van der Waals surface area contributed by atoms with Crippen molar-refractivity contribution in [1.29, 1.82) is 0 Å². The fourth-order valence-electron chi connectivity index (χ4n) is 2.04. The van der Waals surface area contributed by atoms with E-state index in [1.807, 2.05) is 12.5 Å². The maximum absolute atomic E-state index is 5.70. The summed E-state index contributed by atoms with van der Waals surface area (Å²) in [5, 5.41) is 0. The lowest BCUT2D eigenvalue weighted by atomic mass is 10.1. The third kappa shape index (κ3) is 2.79. The van der Waals surface area contributed by atoms with Gasteiger partial charge in [0, 0.05) is 24.9 Å². The molecule has 15 heavy (non-hydrogen) atoms. The second-order valence-corrected chi connectivity index (χ2v) is 4.06. The highest BCUT2D eigenvalue weighted by Crippen LogP contribution is 2.15. The number of nitrogens with two attached hydrogens (primary N) is 1. The number of rotatable bonds is 4. The molecule has 0 saturated carbocycles. The van der Waals surface area contributed by atoms with Crippen molar-refractivity contribution in [1.82, 2.24) is 9.55 Å². The second-order valence-electron chi connectivity index (χ2n) is 4.06. The molecule has 0 aliphatic carbocycles. The van der Waals surface area contributed by atoms with Crippen molar-refractivity contribution >= 4 is 0 Å². The lowest BCUT2D eigenvalue weighted by molar-refractivity contribution is 0.00558. The normalized spacial score (nSPS) is 21.8. The molecule has 2 heterocycles. The SMILES string of the molecule is NCCc1cncn1CC1CCCCO1. The summed E-state index contributed by atoms with van der Waals surface area (Å²) < 4.78 is 7.87. The number of nitrogens with zero attached hydrogens (tertiary/aromatic N) is 2. The van der Waals surface area contributed by atoms with Gasteiger partial charge in [-0.15, -0.1) is 0 Å². The first kappa shape index (κ1) is 10.6. The Balaban J connectivity index is 1.93. The molecule has 1 aromatic rings. The van der Waals surface area contributed by atoms with E-state index in [2.05, 4.69) is 9.55 Å². The van der Waals surface area contributed by atoms with Crippen LogP contribution in [-0.2, 0) is 17.7 Å². The van der Waals surface area contributed by atoms with Gasteiger partial charge in [0.25, 0.3) is 0 Å². The maximum Gasteiger partial charge on any atom is 0.0949 e. The van der Waals surface area contributed by atoms with Gasteiger partial charge in [-0.2, -0.15) is 0 Å². The molecule has 2 rings (SSSR count). The lowest BCUT2D eigenvalue weighted by Gasteiger charge is -2.23. The molecule has 0 amide bonds. The van der Waals surface area contributed by atoms with Crippen LogP contribution in [0.1, 0.15) is 25.0 Å². The van der Waals surface area contributed by atoms with E-state index in [0.717, 1.165) is 19.6 Å². The molecule has 2 N–H and O–H groups in total. The molecule has 0 radical (unpaired) electrons. The Morgan fingerprint density at radius 2 is 2.47 bits per heavy atom. The number of ether oxygens (including phenoxy) is 1. The zero-order valence-corrected chi connectivity index (χ0v) is 9.06. The Labute approximate surface area is 90.4 Å². The van der Waals surface area contributed by atoms with Crippen molar-refractivity contribution in [3.8, 4) is 0 Å². The smallest absolute Gasteiger partial charge is 0.0949 e. The van der Waals surface area contributed by atoms with Crippen molar-refractivity contribution in [3.63, 3.8) is 0 Å². The Kier molecular flexibility index (Phi) is 3.75. The Morgan fingerprint density at radius 3 is 3.20 bits per heavy atom. The molecule has 4 heteroatoms. The second kappa shape index (κ2) is 5.28. The molecule has 0 bridgehead atoms. The third-order valence-electron chi connectivity index (χ3n) is 2.87. The van der Waals surface area contributed by atoms with Crippen LogP contribution in [0.3, 0.4) is 0 Å². The van der Waals surface area contributed by atoms with Crippen molar-refractivity contribution in [2.24, 2.45) is 5.73 Å². The van der Waals surface area contributed by atoms with Crippen LogP contribution in [0, 0.1) is 0 Å². The molecular formula is C11H19N3O. The molecule has 1 atom stereocenters. The van der Waals surface area contributed by atoms with Crippen LogP contribution >= 0.6 is 0 Å². The van der Waals surface area contributed by atoms with Gasteiger partial charge in [-0.05, 0) is 25.8 Å². The van der Waals surface area contributed by atoms with Crippen molar-refractivity contribution in [2.45, 2.75) is 38.3 Å². The Bertz CT molecular complexity index is 292. The van der Waals surface area contributed by atoms with Crippen molar-refractivity contribution in [2.75, 3.05) is 13.2 Å². The van der Waals surface area contributed by atoms with Crippen LogP contribution in [0.25, 0.3) is 0 Å². The summed E-state index contributed by atoms with van der Waals surface area (Å²) in [4.78, 5) is 4.16. The monoisotopic (exact) mass is 209 g/mol. The van der Waals surface area contributed by atoms with E-state index in [1.54, 1.807) is 0 Å². The van der Waals surface area contributed by atoms with Gasteiger partial charge in [-0.1, -0.05) is 0 Å². The van der Waals surface area contributed by atoms with Crippen LogP contribution in [-0.4, -0.2) is 28.8 Å². The number of aromatic nitrogens is 2. The summed E-state index contributed by atoms with van der Waals surface area (Å²) in [6.45, 7) is 2.51. The predicted octanol–water partition coefficient (Wildman–Crippen LogP) is 0.953. The number of hydrogen-bond acceptors (Lipinski definition) is 3. The number of hydrogen-bond donors (Lipinski definition) is 1. The van der Waals surface area contributed by atoms with Gasteiger partial charge in [-0.3, -0.25) is 0 Å². The highest BCUT2D eigenvalue weighted by Gasteiger charge is 2.15. The molecular weight excluding hydrogens is 190 g/mol. The fourth-order valence-corrected chi connectivity index (χ4v) is 2.04. The molecule has 0 spiro atoms. The van der Waals surface area contributed by atoms with E-state index in [4.69, 9.17) is 10.5 Å². The van der Waals surface area contributed by atoms with Gasteiger partial charge in [-0.25, -0.2) is 4.98 Å². The maximum atomic E-state index is 5.70. The predicted molar refractivity (Wildman–Crippen MR) is 58.6 cm³/mol. The molecule has 1 unspecified atom stereocenters. The van der Waals surface area contributed by atoms with Crippen LogP contribution in [0.5, 0.6) is 0 Å². The molecule has 1 aliphatic heterocycles.